The molecule has 0 aliphatic carbocycles. The van der Waals surface area contributed by atoms with Crippen LogP contribution in [0.1, 0.15) is 16.7 Å². The molecule has 2 N–H and O–H groups in total. The number of hydrogen-bond acceptors (Lipinski definition) is 6. The normalized spacial score (nSPS) is 12.0. The highest BCUT2D eigenvalue weighted by Gasteiger charge is 2.17. The number of rotatable bonds is 5. The van der Waals surface area contributed by atoms with Crippen LogP contribution < -0.4 is 5.32 Å². The van der Waals surface area contributed by atoms with Crippen LogP contribution in [-0.2, 0) is 0 Å². The molecule has 2 aromatic heterocycles. The molecule has 0 spiro atoms. The lowest BCUT2D eigenvalue weighted by molar-refractivity contribution is 0.195. The maximum absolute atomic E-state index is 10.2. The summed E-state index contributed by atoms with van der Waals surface area (Å²) < 4.78 is 5.82. The Hall–Kier alpha value is -3.14. The maximum Gasteiger partial charge on any atom is 0.232 e. The summed E-state index contributed by atoms with van der Waals surface area (Å²) in [5, 5.41) is 26.6. The monoisotopic (exact) mass is 361 g/mol. The Morgan fingerprint density at radius 3 is 2.81 bits per heavy atom. The second-order valence-electron chi connectivity index (χ2n) is 5.75. The van der Waals surface area contributed by atoms with Gasteiger partial charge in [-0.25, -0.2) is 0 Å². The highest BCUT2D eigenvalue weighted by molar-refractivity contribution is 7.10. The molecule has 0 saturated carbocycles. The van der Waals surface area contributed by atoms with Crippen LogP contribution in [0.4, 0.5) is 5.88 Å². The summed E-state index contributed by atoms with van der Waals surface area (Å²) in [4.78, 5) is 5.17. The molecule has 6 heteroatoms. The van der Waals surface area contributed by atoms with Gasteiger partial charge in [-0.1, -0.05) is 42.5 Å². The molecule has 0 fully saturated rings. The van der Waals surface area contributed by atoms with Crippen LogP contribution in [0.15, 0.2) is 64.4 Å². The van der Waals surface area contributed by atoms with E-state index in [-0.39, 0.29) is 18.1 Å². The SMILES string of the molecule is N#Cc1nc(-c2cccc3ccccc23)oc1NCC(O)c1cccs1. The average molecular weight is 361 g/mol. The van der Waals surface area contributed by atoms with Gasteiger partial charge in [0.05, 0.1) is 0 Å². The number of oxazole rings is 1. The number of aliphatic hydroxyl groups excluding tert-OH is 1. The smallest absolute Gasteiger partial charge is 0.232 e. The van der Waals surface area contributed by atoms with Crippen molar-refractivity contribution in [3.8, 4) is 17.5 Å². The zero-order valence-corrected chi connectivity index (χ0v) is 14.5. The van der Waals surface area contributed by atoms with E-state index in [4.69, 9.17) is 4.42 Å². The zero-order valence-electron chi connectivity index (χ0n) is 13.7. The topological polar surface area (TPSA) is 82.1 Å². The summed E-state index contributed by atoms with van der Waals surface area (Å²) in [6.45, 7) is 0.235. The average Bonchev–Trinajstić information content (AvgIpc) is 3.35. The number of nitrogens with zero attached hydrogens (tertiary/aromatic N) is 2. The van der Waals surface area contributed by atoms with Gasteiger partial charge in [-0.3, -0.25) is 0 Å². The number of aromatic nitrogens is 1. The van der Waals surface area contributed by atoms with E-state index in [1.54, 1.807) is 0 Å². The van der Waals surface area contributed by atoms with Gasteiger partial charge >= 0.3 is 0 Å². The molecule has 4 aromatic rings. The third kappa shape index (κ3) is 3.06. The van der Waals surface area contributed by atoms with E-state index in [1.807, 2.05) is 66.0 Å². The van der Waals surface area contributed by atoms with Crippen molar-refractivity contribution >= 4 is 28.0 Å². The van der Waals surface area contributed by atoms with Crippen LogP contribution in [0.3, 0.4) is 0 Å². The molecule has 128 valence electrons. The molecule has 0 bridgehead atoms. The zero-order chi connectivity index (χ0) is 17.9. The van der Waals surface area contributed by atoms with Gasteiger partial charge in [-0.05, 0) is 28.3 Å². The number of nitriles is 1. The predicted octanol–water partition coefficient (Wildman–Crippen LogP) is 4.57. The number of benzene rings is 2. The highest BCUT2D eigenvalue weighted by Crippen LogP contribution is 2.31. The first-order valence-electron chi connectivity index (χ1n) is 8.10. The van der Waals surface area contributed by atoms with Crippen molar-refractivity contribution in [1.82, 2.24) is 4.98 Å². The van der Waals surface area contributed by atoms with Gasteiger partial charge in [0, 0.05) is 17.0 Å². The van der Waals surface area contributed by atoms with E-state index in [0.29, 0.717) is 5.89 Å². The summed E-state index contributed by atoms with van der Waals surface area (Å²) >= 11 is 1.48. The fourth-order valence-corrected chi connectivity index (χ4v) is 3.53. The Bertz CT molecular complexity index is 1070. The Labute approximate surface area is 154 Å². The van der Waals surface area contributed by atoms with Gasteiger partial charge in [0.1, 0.15) is 12.2 Å². The van der Waals surface area contributed by atoms with Crippen LogP contribution in [-0.4, -0.2) is 16.6 Å². The van der Waals surface area contributed by atoms with Gasteiger partial charge in [-0.15, -0.1) is 11.3 Å². The molecule has 5 nitrogen and oxygen atoms in total. The molecule has 1 atom stereocenters. The fraction of sp³-hybridized carbons (Fsp3) is 0.100. The minimum Gasteiger partial charge on any atom is -0.419 e. The van der Waals surface area contributed by atoms with Crippen molar-refractivity contribution < 1.29 is 9.52 Å². The summed E-state index contributed by atoms with van der Waals surface area (Å²) in [5.74, 6) is 0.650. The first kappa shape index (κ1) is 16.3. The number of aliphatic hydroxyl groups is 1. The van der Waals surface area contributed by atoms with Crippen LogP contribution in [0, 0.1) is 11.3 Å². The molecule has 26 heavy (non-hydrogen) atoms. The molecule has 1 unspecified atom stereocenters. The van der Waals surface area contributed by atoms with E-state index in [9.17, 15) is 10.4 Å². The first-order valence-corrected chi connectivity index (χ1v) is 8.98. The van der Waals surface area contributed by atoms with Crippen LogP contribution in [0.5, 0.6) is 0 Å². The van der Waals surface area contributed by atoms with Crippen LogP contribution in [0.25, 0.3) is 22.2 Å². The lowest BCUT2D eigenvalue weighted by atomic mass is 10.0. The van der Waals surface area contributed by atoms with Crippen molar-refractivity contribution in [2.24, 2.45) is 0 Å². The number of hydrogen-bond donors (Lipinski definition) is 2. The quantitative estimate of drug-likeness (QED) is 0.544. The molecule has 0 amide bonds. The van der Waals surface area contributed by atoms with E-state index in [0.717, 1.165) is 21.2 Å². The largest absolute Gasteiger partial charge is 0.419 e. The van der Waals surface area contributed by atoms with Crippen LogP contribution >= 0.6 is 11.3 Å². The molecule has 0 radical (unpaired) electrons. The van der Waals surface area contributed by atoms with E-state index in [2.05, 4.69) is 10.3 Å². The van der Waals surface area contributed by atoms with E-state index < -0.39 is 6.10 Å². The third-order valence-corrected chi connectivity index (χ3v) is 5.05. The minimum absolute atomic E-state index is 0.173. The van der Waals surface area contributed by atoms with Gasteiger partial charge in [-0.2, -0.15) is 10.2 Å². The standard InChI is InChI=1S/C20H15N3O2S/c21-11-16-20(22-12-17(24)18-9-4-10-26-18)25-19(23-16)15-8-3-6-13-5-1-2-7-14(13)15/h1-10,17,22,24H,12H2. The molecule has 4 rings (SSSR count). The van der Waals surface area contributed by atoms with E-state index in [1.165, 1.54) is 11.3 Å². The fourth-order valence-electron chi connectivity index (χ4n) is 2.81. The maximum atomic E-state index is 10.2. The van der Waals surface area contributed by atoms with E-state index >= 15 is 0 Å². The Morgan fingerprint density at radius 2 is 2.00 bits per heavy atom. The molecular formula is C20H15N3O2S. The van der Waals surface area contributed by atoms with Crippen molar-refractivity contribution in [2.75, 3.05) is 11.9 Å². The summed E-state index contributed by atoms with van der Waals surface area (Å²) in [5.41, 5.74) is 0.998. The molecule has 2 heterocycles. The molecular weight excluding hydrogens is 346 g/mol. The summed E-state index contributed by atoms with van der Waals surface area (Å²) in [6, 6.07) is 19.6. The van der Waals surface area contributed by atoms with Crippen LogP contribution in [0.2, 0.25) is 0 Å². The molecule has 0 saturated heterocycles. The van der Waals surface area contributed by atoms with Crippen molar-refractivity contribution in [3.63, 3.8) is 0 Å². The number of thiophene rings is 1. The second kappa shape index (κ2) is 7.00. The van der Waals surface area contributed by atoms with Gasteiger partial charge in [0.2, 0.25) is 17.5 Å². The lowest BCUT2D eigenvalue weighted by Gasteiger charge is -2.09. The highest BCUT2D eigenvalue weighted by atomic mass is 32.1. The predicted molar refractivity (Wildman–Crippen MR) is 102 cm³/mol. The molecule has 2 aromatic carbocycles. The Morgan fingerprint density at radius 1 is 1.15 bits per heavy atom. The molecule has 0 aliphatic rings. The van der Waals surface area contributed by atoms with Crippen molar-refractivity contribution in [3.05, 3.63) is 70.5 Å². The Balaban J connectivity index is 1.64. The van der Waals surface area contributed by atoms with Crippen molar-refractivity contribution in [1.29, 1.82) is 5.26 Å². The number of anilines is 1. The lowest BCUT2D eigenvalue weighted by Crippen LogP contribution is -2.11. The summed E-state index contributed by atoms with van der Waals surface area (Å²) in [6.07, 6.45) is -0.673. The second-order valence-corrected chi connectivity index (χ2v) is 6.73. The number of fused-ring (bicyclic) bond motifs is 1. The number of nitrogens with one attached hydrogen (secondary N) is 1. The Kier molecular flexibility index (Phi) is 4.40. The summed E-state index contributed by atoms with van der Waals surface area (Å²) in [7, 11) is 0. The molecule has 0 aliphatic heterocycles. The minimum atomic E-state index is -0.673. The van der Waals surface area contributed by atoms with Gasteiger partial charge in [0.25, 0.3) is 0 Å². The first-order chi connectivity index (χ1) is 12.8. The third-order valence-electron chi connectivity index (χ3n) is 4.08. The van der Waals surface area contributed by atoms with Gasteiger partial charge < -0.3 is 14.8 Å². The van der Waals surface area contributed by atoms with Crippen molar-refractivity contribution in [2.45, 2.75) is 6.10 Å². The van der Waals surface area contributed by atoms with Gasteiger partial charge in [0.15, 0.2) is 0 Å².